The molecule has 0 heterocycles. The maximum Gasteiger partial charge on any atom is 0.221 e. The molecule has 0 aromatic heterocycles. The Hall–Kier alpha value is -0.380. The molecule has 1 atom stereocenters. The average Bonchev–Trinajstić information content (AvgIpc) is 2.42. The first-order valence-corrected chi connectivity index (χ1v) is 9.48. The third-order valence-electron chi connectivity index (χ3n) is 3.60. The molecule has 0 fully saturated rings. The maximum atomic E-state index is 11.7. The number of halogens is 2. The van der Waals surface area contributed by atoms with Crippen LogP contribution in [0.15, 0.2) is 6.07 Å². The van der Waals surface area contributed by atoms with Gasteiger partial charge in [-0.25, -0.2) is 0 Å². The summed E-state index contributed by atoms with van der Waals surface area (Å²) in [5, 5.41) is 2.88. The highest BCUT2D eigenvalue weighted by atomic mass is 127. The van der Waals surface area contributed by atoms with Gasteiger partial charge in [0.05, 0.1) is 5.69 Å². The largest absolute Gasteiger partial charge is 0.369 e. The fraction of sp³-hybridized carbons (Fsp3) is 0.500. The van der Waals surface area contributed by atoms with Gasteiger partial charge in [0.15, 0.2) is 0 Å². The molecule has 2 amide bonds. The molecule has 0 aliphatic heterocycles. The number of anilines is 1. The van der Waals surface area contributed by atoms with E-state index in [1.807, 2.05) is 13.0 Å². The van der Waals surface area contributed by atoms with E-state index in [1.54, 1.807) is 0 Å². The van der Waals surface area contributed by atoms with Gasteiger partial charge in [0.2, 0.25) is 11.8 Å². The molecule has 3 N–H and O–H groups in total. The molecule has 4 nitrogen and oxygen atoms in total. The molecular weight excluding hydrogens is 506 g/mol. The van der Waals surface area contributed by atoms with Crippen molar-refractivity contribution in [2.75, 3.05) is 5.32 Å². The van der Waals surface area contributed by atoms with Gasteiger partial charge in [-0.3, -0.25) is 9.59 Å². The number of hydrogen-bond acceptors (Lipinski definition) is 2. The number of nitrogens with one attached hydrogen (secondary N) is 1. The predicted octanol–water partition coefficient (Wildman–Crippen LogP) is 4.00. The van der Waals surface area contributed by atoms with E-state index < -0.39 is 0 Å². The standard InChI is InChI=1S/C16H22I2N2O2/c1-4-5-6-11(16(19)22)8-12-9(2)7-13(17)15(14(12)18)20-10(3)21/h7,11H,4-6,8H2,1-3H3,(H2,19,22)(H,20,21). The minimum Gasteiger partial charge on any atom is -0.369 e. The Balaban J connectivity index is 3.17. The maximum absolute atomic E-state index is 11.7. The number of amides is 2. The summed E-state index contributed by atoms with van der Waals surface area (Å²) in [5.74, 6) is -0.497. The lowest BCUT2D eigenvalue weighted by atomic mass is 9.91. The Kier molecular flexibility index (Phi) is 8.09. The second kappa shape index (κ2) is 9.05. The summed E-state index contributed by atoms with van der Waals surface area (Å²) >= 11 is 4.47. The lowest BCUT2D eigenvalue weighted by molar-refractivity contribution is -0.122. The number of benzene rings is 1. The lowest BCUT2D eigenvalue weighted by Crippen LogP contribution is -2.26. The average molecular weight is 528 g/mol. The topological polar surface area (TPSA) is 72.2 Å². The van der Waals surface area contributed by atoms with Crippen molar-refractivity contribution in [2.45, 2.75) is 46.5 Å². The van der Waals surface area contributed by atoms with Gasteiger partial charge in [0, 0.05) is 20.0 Å². The first-order chi connectivity index (χ1) is 10.3. The van der Waals surface area contributed by atoms with Gasteiger partial charge >= 0.3 is 0 Å². The molecule has 0 aliphatic carbocycles. The molecule has 0 radical (unpaired) electrons. The number of carbonyl (C=O) groups excluding carboxylic acids is 2. The van der Waals surface area contributed by atoms with Crippen molar-refractivity contribution in [3.05, 3.63) is 24.3 Å². The normalized spacial score (nSPS) is 12.0. The summed E-state index contributed by atoms with van der Waals surface area (Å²) in [5.41, 5.74) is 8.62. The Morgan fingerprint density at radius 1 is 1.36 bits per heavy atom. The lowest BCUT2D eigenvalue weighted by Gasteiger charge is -2.19. The summed E-state index contributed by atoms with van der Waals surface area (Å²) in [6.07, 6.45) is 3.47. The van der Waals surface area contributed by atoms with Crippen molar-refractivity contribution >= 4 is 62.7 Å². The molecular formula is C16H22I2N2O2. The zero-order valence-electron chi connectivity index (χ0n) is 13.1. The highest BCUT2D eigenvalue weighted by Gasteiger charge is 2.21. The van der Waals surface area contributed by atoms with Crippen LogP contribution in [0.25, 0.3) is 0 Å². The van der Waals surface area contributed by atoms with Crippen molar-refractivity contribution in [1.29, 1.82) is 0 Å². The summed E-state index contributed by atoms with van der Waals surface area (Å²) < 4.78 is 2.00. The zero-order chi connectivity index (χ0) is 16.9. The molecule has 1 aromatic rings. The van der Waals surface area contributed by atoms with Crippen LogP contribution in [0, 0.1) is 20.0 Å². The van der Waals surface area contributed by atoms with Crippen LogP contribution in [0.4, 0.5) is 5.69 Å². The quantitative estimate of drug-likeness (QED) is 0.526. The number of hydrogen-bond donors (Lipinski definition) is 2. The number of rotatable bonds is 7. The molecule has 0 bridgehead atoms. The fourth-order valence-corrected chi connectivity index (χ4v) is 4.82. The highest BCUT2D eigenvalue weighted by molar-refractivity contribution is 14.1. The zero-order valence-corrected chi connectivity index (χ0v) is 17.4. The number of carbonyl (C=O) groups is 2. The van der Waals surface area contributed by atoms with Crippen LogP contribution < -0.4 is 11.1 Å². The third-order valence-corrected chi connectivity index (χ3v) is 5.64. The molecule has 0 saturated carbocycles. The molecule has 1 aromatic carbocycles. The van der Waals surface area contributed by atoms with Crippen molar-refractivity contribution in [1.82, 2.24) is 0 Å². The number of primary amides is 1. The van der Waals surface area contributed by atoms with Gasteiger partial charge in [-0.1, -0.05) is 19.8 Å². The van der Waals surface area contributed by atoms with Gasteiger partial charge in [-0.15, -0.1) is 0 Å². The Bertz CT molecular complexity index is 574. The van der Waals surface area contributed by atoms with E-state index in [9.17, 15) is 9.59 Å². The molecule has 0 saturated heterocycles. The van der Waals surface area contributed by atoms with E-state index in [2.05, 4.69) is 57.4 Å². The molecule has 6 heteroatoms. The van der Waals surface area contributed by atoms with Crippen molar-refractivity contribution in [2.24, 2.45) is 11.7 Å². The van der Waals surface area contributed by atoms with Crippen LogP contribution >= 0.6 is 45.2 Å². The van der Waals surface area contributed by atoms with Crippen LogP contribution in [0.2, 0.25) is 0 Å². The minimum atomic E-state index is -0.247. The first kappa shape index (κ1) is 19.7. The monoisotopic (exact) mass is 528 g/mol. The van der Waals surface area contributed by atoms with Crippen molar-refractivity contribution in [3.8, 4) is 0 Å². The van der Waals surface area contributed by atoms with Crippen LogP contribution in [0.5, 0.6) is 0 Å². The number of unbranched alkanes of at least 4 members (excludes halogenated alkanes) is 1. The van der Waals surface area contributed by atoms with E-state index >= 15 is 0 Å². The Morgan fingerprint density at radius 3 is 2.50 bits per heavy atom. The third kappa shape index (κ3) is 5.36. The molecule has 1 unspecified atom stereocenters. The smallest absolute Gasteiger partial charge is 0.221 e. The van der Waals surface area contributed by atoms with Gasteiger partial charge in [-0.2, -0.15) is 0 Å². The summed E-state index contributed by atoms with van der Waals surface area (Å²) in [6.45, 7) is 5.64. The van der Waals surface area contributed by atoms with E-state index in [4.69, 9.17) is 5.73 Å². The van der Waals surface area contributed by atoms with Gasteiger partial charge in [0.25, 0.3) is 0 Å². The summed E-state index contributed by atoms with van der Waals surface area (Å²) in [7, 11) is 0. The Labute approximate surface area is 159 Å². The van der Waals surface area contributed by atoms with Crippen LogP contribution in [0.1, 0.15) is 44.2 Å². The second-order valence-electron chi connectivity index (χ2n) is 5.47. The second-order valence-corrected chi connectivity index (χ2v) is 7.71. The van der Waals surface area contributed by atoms with Gasteiger partial charge in [0.1, 0.15) is 0 Å². The van der Waals surface area contributed by atoms with Crippen molar-refractivity contribution in [3.63, 3.8) is 0 Å². The number of nitrogens with two attached hydrogens (primary N) is 1. The molecule has 0 spiro atoms. The summed E-state index contributed by atoms with van der Waals surface area (Å²) in [4.78, 5) is 23.1. The van der Waals surface area contributed by atoms with E-state index in [0.29, 0.717) is 6.42 Å². The first-order valence-electron chi connectivity index (χ1n) is 7.32. The highest BCUT2D eigenvalue weighted by Crippen LogP contribution is 2.32. The minimum absolute atomic E-state index is 0.0944. The fourth-order valence-electron chi connectivity index (χ4n) is 2.36. The predicted molar refractivity (Wildman–Crippen MR) is 107 cm³/mol. The van der Waals surface area contributed by atoms with Crippen molar-refractivity contribution < 1.29 is 9.59 Å². The van der Waals surface area contributed by atoms with E-state index in [1.165, 1.54) is 6.92 Å². The van der Waals surface area contributed by atoms with Crippen LogP contribution in [-0.2, 0) is 16.0 Å². The van der Waals surface area contributed by atoms with E-state index in [-0.39, 0.29) is 17.7 Å². The summed E-state index contributed by atoms with van der Waals surface area (Å²) in [6, 6.07) is 2.04. The Morgan fingerprint density at radius 2 is 2.00 bits per heavy atom. The molecule has 22 heavy (non-hydrogen) atoms. The van der Waals surface area contributed by atoms with E-state index in [0.717, 1.165) is 43.2 Å². The number of aryl methyl sites for hydroxylation is 1. The molecule has 0 aliphatic rings. The molecule has 122 valence electrons. The molecule has 1 rings (SSSR count). The van der Waals surface area contributed by atoms with Gasteiger partial charge < -0.3 is 11.1 Å². The van der Waals surface area contributed by atoms with Crippen LogP contribution in [-0.4, -0.2) is 11.8 Å². The SMILES string of the molecule is CCCCC(Cc1c(C)cc(I)c(NC(C)=O)c1I)C(N)=O. The van der Waals surface area contributed by atoms with Gasteiger partial charge in [-0.05, 0) is 82.1 Å². The van der Waals surface area contributed by atoms with Crippen LogP contribution in [0.3, 0.4) is 0 Å².